The number of ether oxygens (including phenoxy) is 3. The van der Waals surface area contributed by atoms with E-state index in [0.717, 1.165) is 0 Å². The van der Waals surface area contributed by atoms with Crippen molar-refractivity contribution < 1.29 is 37.0 Å². The zero-order chi connectivity index (χ0) is 14.5. The van der Waals surface area contributed by atoms with Crippen LogP contribution in [-0.2, 0) is 28.7 Å². The van der Waals surface area contributed by atoms with Gasteiger partial charge < -0.3 is 24.4 Å². The van der Waals surface area contributed by atoms with Crippen molar-refractivity contribution in [3.8, 4) is 0 Å². The number of hydrogen-bond donors (Lipinski definition) is 3. The zero-order valence-corrected chi connectivity index (χ0v) is 11.3. The van der Waals surface area contributed by atoms with Crippen LogP contribution in [0.3, 0.4) is 0 Å². The van der Waals surface area contributed by atoms with Gasteiger partial charge in [-0.2, -0.15) is 8.42 Å². The van der Waals surface area contributed by atoms with Crippen molar-refractivity contribution >= 4 is 10.3 Å². The summed E-state index contributed by atoms with van der Waals surface area (Å²) in [6.07, 6.45) is -3.54. The van der Waals surface area contributed by atoms with E-state index < -0.39 is 46.8 Å². The van der Waals surface area contributed by atoms with Gasteiger partial charge >= 0.3 is 10.3 Å². The summed E-state index contributed by atoms with van der Waals surface area (Å²) in [6.45, 7) is 2.30. The van der Waals surface area contributed by atoms with Gasteiger partial charge in [-0.1, -0.05) is 0 Å². The lowest BCUT2D eigenvalue weighted by molar-refractivity contribution is -0.301. The fraction of sp³-hybridized carbons (Fsp3) is 1.00. The smallest absolute Gasteiger partial charge is 0.333 e. The first-order valence-corrected chi connectivity index (χ1v) is 7.07. The monoisotopic (exact) mass is 299 g/mol. The molecule has 2 rings (SSSR count). The average Bonchev–Trinajstić information content (AvgIpc) is 2.53. The van der Waals surface area contributed by atoms with Crippen LogP contribution in [-0.4, -0.2) is 61.7 Å². The molecule has 0 bridgehead atoms. The molecule has 19 heavy (non-hydrogen) atoms. The third-order valence-electron chi connectivity index (χ3n) is 2.89. The Morgan fingerprint density at radius 3 is 2.63 bits per heavy atom. The minimum Gasteiger partial charge on any atom is -0.388 e. The molecular weight excluding hydrogens is 282 g/mol. The SMILES string of the molecule is CC1(C)O[C@@H]2C(O)C(O)CO[C@]2(COS(N)(=O)=O)O1. The van der Waals surface area contributed by atoms with Gasteiger partial charge in [0.25, 0.3) is 0 Å². The molecule has 0 saturated carbocycles. The number of aliphatic hydroxyl groups is 2. The Morgan fingerprint density at radius 2 is 2.05 bits per heavy atom. The Labute approximate surface area is 110 Å². The predicted molar refractivity (Wildman–Crippen MR) is 59.8 cm³/mol. The molecule has 0 spiro atoms. The normalized spacial score (nSPS) is 42.1. The van der Waals surface area contributed by atoms with E-state index >= 15 is 0 Å². The Balaban J connectivity index is 2.23. The lowest BCUT2D eigenvalue weighted by Crippen LogP contribution is -2.61. The van der Waals surface area contributed by atoms with Crippen LogP contribution in [0.1, 0.15) is 13.8 Å². The van der Waals surface area contributed by atoms with E-state index in [1.807, 2.05) is 0 Å². The average molecular weight is 299 g/mol. The second-order valence-corrected chi connectivity index (χ2v) is 6.20. The Bertz CT molecular complexity index is 451. The van der Waals surface area contributed by atoms with Crippen LogP contribution in [0.5, 0.6) is 0 Å². The van der Waals surface area contributed by atoms with E-state index in [1.54, 1.807) is 13.8 Å². The first-order chi connectivity index (χ1) is 8.55. The minimum absolute atomic E-state index is 0.245. The van der Waals surface area contributed by atoms with Gasteiger partial charge in [0.1, 0.15) is 24.9 Å². The van der Waals surface area contributed by atoms with Crippen molar-refractivity contribution in [3.05, 3.63) is 0 Å². The maximum atomic E-state index is 10.9. The van der Waals surface area contributed by atoms with E-state index in [1.165, 1.54) is 0 Å². The van der Waals surface area contributed by atoms with Gasteiger partial charge in [0.05, 0.1) is 6.61 Å². The second kappa shape index (κ2) is 4.60. The van der Waals surface area contributed by atoms with Crippen LogP contribution < -0.4 is 5.14 Å². The van der Waals surface area contributed by atoms with Gasteiger partial charge in [0, 0.05) is 0 Å². The van der Waals surface area contributed by atoms with Crippen LogP contribution >= 0.6 is 0 Å². The standard InChI is InChI=1S/C9H17NO8S/c1-8(2)17-7-6(12)5(11)3-15-9(7,18-8)4-16-19(10,13)14/h5-7,11-12H,3-4H2,1-2H3,(H2,10,13,14)/t5?,6?,7-,9-/m1/s1. The summed E-state index contributed by atoms with van der Waals surface area (Å²) >= 11 is 0. The molecule has 0 aliphatic carbocycles. The van der Waals surface area contributed by atoms with Crippen molar-refractivity contribution in [1.82, 2.24) is 0 Å². The van der Waals surface area contributed by atoms with Gasteiger partial charge in [-0.05, 0) is 13.8 Å². The number of nitrogens with two attached hydrogens (primary N) is 1. The summed E-state index contributed by atoms with van der Waals surface area (Å²) in [5.74, 6) is -2.76. The van der Waals surface area contributed by atoms with Gasteiger partial charge in [0.15, 0.2) is 5.79 Å². The number of rotatable bonds is 3. The molecule has 2 saturated heterocycles. The molecule has 2 unspecified atom stereocenters. The molecule has 0 aromatic rings. The molecule has 4 atom stereocenters. The third kappa shape index (κ3) is 3.06. The lowest BCUT2D eigenvalue weighted by atomic mass is 9.98. The first-order valence-electron chi connectivity index (χ1n) is 5.60. The number of hydrogen-bond acceptors (Lipinski definition) is 8. The Hall–Kier alpha value is -0.330. The van der Waals surface area contributed by atoms with E-state index in [-0.39, 0.29) is 6.61 Å². The highest BCUT2D eigenvalue weighted by atomic mass is 32.2. The van der Waals surface area contributed by atoms with Crippen LogP contribution in [0.15, 0.2) is 0 Å². The molecule has 2 fully saturated rings. The second-order valence-electron chi connectivity index (χ2n) is 4.98. The van der Waals surface area contributed by atoms with Gasteiger partial charge in [-0.15, -0.1) is 0 Å². The lowest BCUT2D eigenvalue weighted by Gasteiger charge is -2.40. The fourth-order valence-corrected chi connectivity index (χ4v) is 2.51. The van der Waals surface area contributed by atoms with Crippen molar-refractivity contribution in [1.29, 1.82) is 0 Å². The van der Waals surface area contributed by atoms with Gasteiger partial charge in [-0.3, -0.25) is 4.18 Å². The highest BCUT2D eigenvalue weighted by Crippen LogP contribution is 2.42. The van der Waals surface area contributed by atoms with Crippen molar-refractivity contribution in [2.24, 2.45) is 5.14 Å². The van der Waals surface area contributed by atoms with Crippen molar-refractivity contribution in [2.75, 3.05) is 13.2 Å². The summed E-state index contributed by atoms with van der Waals surface area (Å²) in [5, 5.41) is 24.2. The maximum absolute atomic E-state index is 10.9. The molecule has 2 aliphatic rings. The van der Waals surface area contributed by atoms with Crippen LogP contribution in [0.2, 0.25) is 0 Å². The predicted octanol–water partition coefficient (Wildman–Crippen LogP) is -2.19. The Morgan fingerprint density at radius 1 is 1.42 bits per heavy atom. The first kappa shape index (κ1) is 15.1. The van der Waals surface area contributed by atoms with Crippen LogP contribution in [0, 0.1) is 0 Å². The molecule has 9 nitrogen and oxygen atoms in total. The van der Waals surface area contributed by atoms with Gasteiger partial charge in [-0.25, -0.2) is 5.14 Å². The third-order valence-corrected chi connectivity index (χ3v) is 3.34. The molecular formula is C9H17NO8S. The number of aliphatic hydroxyl groups excluding tert-OH is 2. The molecule has 0 amide bonds. The molecule has 4 N–H and O–H groups in total. The van der Waals surface area contributed by atoms with Crippen LogP contribution in [0.25, 0.3) is 0 Å². The topological polar surface area (TPSA) is 138 Å². The van der Waals surface area contributed by atoms with Gasteiger partial charge in [0.2, 0.25) is 5.79 Å². The van der Waals surface area contributed by atoms with Crippen molar-refractivity contribution in [3.63, 3.8) is 0 Å². The minimum atomic E-state index is -4.20. The highest BCUT2D eigenvalue weighted by molar-refractivity contribution is 7.84. The summed E-state index contributed by atoms with van der Waals surface area (Å²) in [4.78, 5) is 0. The Kier molecular flexibility index (Phi) is 3.65. The quantitative estimate of drug-likeness (QED) is 0.534. The van der Waals surface area contributed by atoms with E-state index in [9.17, 15) is 18.6 Å². The molecule has 0 aromatic carbocycles. The van der Waals surface area contributed by atoms with E-state index in [2.05, 4.69) is 4.18 Å². The molecule has 0 aromatic heterocycles. The molecule has 0 radical (unpaired) electrons. The summed E-state index contributed by atoms with van der Waals surface area (Å²) < 4.78 is 42.4. The summed E-state index contributed by atoms with van der Waals surface area (Å²) in [6, 6.07) is 0. The van der Waals surface area contributed by atoms with E-state index in [0.29, 0.717) is 0 Å². The zero-order valence-electron chi connectivity index (χ0n) is 10.5. The summed E-state index contributed by atoms with van der Waals surface area (Å²) in [7, 11) is -4.20. The number of fused-ring (bicyclic) bond motifs is 1. The fourth-order valence-electron chi connectivity index (χ4n) is 2.18. The highest BCUT2D eigenvalue weighted by Gasteiger charge is 2.61. The molecule has 10 heteroatoms. The largest absolute Gasteiger partial charge is 0.388 e. The van der Waals surface area contributed by atoms with Crippen LogP contribution in [0.4, 0.5) is 0 Å². The van der Waals surface area contributed by atoms with E-state index in [4.69, 9.17) is 19.3 Å². The summed E-state index contributed by atoms with van der Waals surface area (Å²) in [5.41, 5.74) is 0. The molecule has 112 valence electrons. The van der Waals surface area contributed by atoms with Crippen molar-refractivity contribution in [2.45, 2.75) is 43.7 Å². The maximum Gasteiger partial charge on any atom is 0.333 e. The molecule has 2 aliphatic heterocycles. The molecule has 2 heterocycles.